The third kappa shape index (κ3) is 2.73. The Balaban J connectivity index is 2.11. The SMILES string of the molecule is CN(c1ccc(CN)nn1)C1CCS(=O)(=O)C1. The summed E-state index contributed by atoms with van der Waals surface area (Å²) < 4.78 is 22.8. The van der Waals surface area contributed by atoms with Crippen LogP contribution in [0.1, 0.15) is 12.1 Å². The first kappa shape index (κ1) is 12.3. The molecule has 0 aliphatic carbocycles. The zero-order valence-electron chi connectivity index (χ0n) is 9.70. The molecule has 1 aromatic rings. The Morgan fingerprint density at radius 1 is 1.47 bits per heavy atom. The zero-order chi connectivity index (χ0) is 12.5. The molecule has 1 saturated heterocycles. The minimum absolute atomic E-state index is 0.00183. The van der Waals surface area contributed by atoms with Crippen molar-refractivity contribution in [2.75, 3.05) is 23.5 Å². The Hall–Kier alpha value is -1.21. The molecule has 1 fully saturated rings. The number of sulfone groups is 1. The molecule has 1 aliphatic rings. The molecule has 7 heteroatoms. The summed E-state index contributed by atoms with van der Waals surface area (Å²) in [5.74, 6) is 1.14. The van der Waals surface area contributed by atoms with E-state index in [9.17, 15) is 8.42 Å². The van der Waals surface area contributed by atoms with Crippen LogP contribution in [-0.4, -0.2) is 43.2 Å². The molecule has 2 heterocycles. The summed E-state index contributed by atoms with van der Waals surface area (Å²) in [5.41, 5.74) is 6.16. The zero-order valence-corrected chi connectivity index (χ0v) is 10.5. The lowest BCUT2D eigenvalue weighted by Gasteiger charge is -2.23. The number of aromatic nitrogens is 2. The highest BCUT2D eigenvalue weighted by Gasteiger charge is 2.31. The maximum Gasteiger partial charge on any atom is 0.152 e. The summed E-state index contributed by atoms with van der Waals surface area (Å²) in [6, 6.07) is 3.63. The van der Waals surface area contributed by atoms with E-state index in [-0.39, 0.29) is 17.5 Å². The van der Waals surface area contributed by atoms with E-state index in [1.165, 1.54) is 0 Å². The van der Waals surface area contributed by atoms with Crippen molar-refractivity contribution in [3.63, 3.8) is 0 Å². The van der Waals surface area contributed by atoms with Gasteiger partial charge in [-0.2, -0.15) is 5.10 Å². The van der Waals surface area contributed by atoms with Crippen LogP contribution in [0.15, 0.2) is 12.1 Å². The van der Waals surface area contributed by atoms with Crippen LogP contribution in [0.3, 0.4) is 0 Å². The average molecular weight is 256 g/mol. The van der Waals surface area contributed by atoms with Gasteiger partial charge in [0, 0.05) is 19.6 Å². The van der Waals surface area contributed by atoms with E-state index in [0.717, 1.165) is 5.69 Å². The van der Waals surface area contributed by atoms with Gasteiger partial charge in [0.1, 0.15) is 0 Å². The fraction of sp³-hybridized carbons (Fsp3) is 0.600. The second kappa shape index (κ2) is 4.58. The number of hydrogen-bond donors (Lipinski definition) is 1. The molecule has 2 rings (SSSR count). The van der Waals surface area contributed by atoms with Crippen molar-refractivity contribution in [1.29, 1.82) is 0 Å². The average Bonchev–Trinajstić information content (AvgIpc) is 2.69. The van der Waals surface area contributed by atoms with Gasteiger partial charge in [-0.25, -0.2) is 8.42 Å². The predicted molar refractivity (Wildman–Crippen MR) is 65.4 cm³/mol. The van der Waals surface area contributed by atoms with Crippen LogP contribution in [0.4, 0.5) is 5.82 Å². The maximum absolute atomic E-state index is 11.4. The fourth-order valence-corrected chi connectivity index (χ4v) is 3.69. The van der Waals surface area contributed by atoms with Gasteiger partial charge < -0.3 is 10.6 Å². The monoisotopic (exact) mass is 256 g/mol. The molecule has 0 bridgehead atoms. The van der Waals surface area contributed by atoms with Gasteiger partial charge in [-0.05, 0) is 18.6 Å². The Bertz CT molecular complexity index is 486. The summed E-state index contributed by atoms with van der Waals surface area (Å²) in [5, 5.41) is 8.00. The summed E-state index contributed by atoms with van der Waals surface area (Å²) in [6.07, 6.45) is 0.652. The smallest absolute Gasteiger partial charge is 0.152 e. The van der Waals surface area contributed by atoms with E-state index in [2.05, 4.69) is 10.2 Å². The van der Waals surface area contributed by atoms with Crippen LogP contribution in [0.25, 0.3) is 0 Å². The van der Waals surface area contributed by atoms with Crippen molar-refractivity contribution in [3.8, 4) is 0 Å². The Labute approximate surface area is 101 Å². The van der Waals surface area contributed by atoms with Gasteiger partial charge in [-0.15, -0.1) is 5.10 Å². The van der Waals surface area contributed by atoms with E-state index in [0.29, 0.717) is 18.8 Å². The number of hydrogen-bond acceptors (Lipinski definition) is 6. The normalized spacial score (nSPS) is 22.6. The van der Waals surface area contributed by atoms with E-state index < -0.39 is 9.84 Å². The van der Waals surface area contributed by atoms with Gasteiger partial charge >= 0.3 is 0 Å². The van der Waals surface area contributed by atoms with E-state index in [4.69, 9.17) is 5.73 Å². The van der Waals surface area contributed by atoms with E-state index >= 15 is 0 Å². The van der Waals surface area contributed by atoms with Crippen molar-refractivity contribution in [3.05, 3.63) is 17.8 Å². The molecule has 1 unspecified atom stereocenters. The van der Waals surface area contributed by atoms with Crippen molar-refractivity contribution < 1.29 is 8.42 Å². The highest BCUT2D eigenvalue weighted by atomic mass is 32.2. The van der Waals surface area contributed by atoms with Crippen molar-refractivity contribution >= 4 is 15.7 Å². The van der Waals surface area contributed by atoms with Crippen LogP contribution in [0.5, 0.6) is 0 Å². The third-order valence-electron chi connectivity index (χ3n) is 3.03. The first-order valence-corrected chi connectivity index (χ1v) is 7.30. The highest BCUT2D eigenvalue weighted by Crippen LogP contribution is 2.20. The number of nitrogens with zero attached hydrogens (tertiary/aromatic N) is 3. The first-order valence-electron chi connectivity index (χ1n) is 5.48. The topological polar surface area (TPSA) is 89.2 Å². The summed E-state index contributed by atoms with van der Waals surface area (Å²) >= 11 is 0. The molecule has 1 atom stereocenters. The van der Waals surface area contributed by atoms with Gasteiger partial charge in [0.15, 0.2) is 15.7 Å². The number of anilines is 1. The molecule has 17 heavy (non-hydrogen) atoms. The van der Waals surface area contributed by atoms with Gasteiger partial charge in [-0.3, -0.25) is 0 Å². The van der Waals surface area contributed by atoms with E-state index in [1.54, 1.807) is 0 Å². The van der Waals surface area contributed by atoms with Crippen LogP contribution < -0.4 is 10.6 Å². The minimum Gasteiger partial charge on any atom is -0.354 e. The molecule has 94 valence electrons. The second-order valence-corrected chi connectivity index (χ2v) is 6.48. The molecule has 0 saturated carbocycles. The number of rotatable bonds is 3. The van der Waals surface area contributed by atoms with Crippen LogP contribution >= 0.6 is 0 Å². The Kier molecular flexibility index (Phi) is 3.30. The standard InChI is InChI=1S/C10H16N4O2S/c1-14(9-4-5-17(15,16)7-9)10-3-2-8(6-11)12-13-10/h2-3,9H,4-7,11H2,1H3. The molecule has 0 aromatic carbocycles. The molecule has 0 amide bonds. The van der Waals surface area contributed by atoms with Crippen LogP contribution in [0, 0.1) is 0 Å². The predicted octanol–water partition coefficient (Wildman–Crippen LogP) is -0.441. The van der Waals surface area contributed by atoms with E-state index in [1.807, 2.05) is 24.1 Å². The Morgan fingerprint density at radius 3 is 2.71 bits per heavy atom. The lowest BCUT2D eigenvalue weighted by atomic mass is 10.2. The highest BCUT2D eigenvalue weighted by molar-refractivity contribution is 7.91. The Morgan fingerprint density at radius 2 is 2.24 bits per heavy atom. The minimum atomic E-state index is -2.87. The first-order chi connectivity index (χ1) is 8.02. The van der Waals surface area contributed by atoms with Gasteiger partial charge in [0.2, 0.25) is 0 Å². The van der Waals surface area contributed by atoms with Crippen molar-refractivity contribution in [2.45, 2.75) is 19.0 Å². The number of nitrogens with two attached hydrogens (primary N) is 1. The summed E-state index contributed by atoms with van der Waals surface area (Å²) in [4.78, 5) is 1.87. The quantitative estimate of drug-likeness (QED) is 0.788. The molecule has 1 aromatic heterocycles. The molecule has 1 aliphatic heterocycles. The molecule has 0 radical (unpaired) electrons. The fourth-order valence-electron chi connectivity index (χ4n) is 1.92. The lowest BCUT2D eigenvalue weighted by molar-refractivity contribution is 0.600. The summed E-state index contributed by atoms with van der Waals surface area (Å²) in [7, 11) is -1.03. The van der Waals surface area contributed by atoms with Crippen molar-refractivity contribution in [1.82, 2.24) is 10.2 Å². The molecular formula is C10H16N4O2S. The van der Waals surface area contributed by atoms with Gasteiger partial charge in [0.05, 0.1) is 17.2 Å². The maximum atomic E-state index is 11.4. The molecule has 2 N–H and O–H groups in total. The van der Waals surface area contributed by atoms with Crippen LogP contribution in [-0.2, 0) is 16.4 Å². The molecular weight excluding hydrogens is 240 g/mol. The van der Waals surface area contributed by atoms with Gasteiger partial charge in [-0.1, -0.05) is 0 Å². The van der Waals surface area contributed by atoms with Crippen molar-refractivity contribution in [2.24, 2.45) is 5.73 Å². The molecule has 6 nitrogen and oxygen atoms in total. The van der Waals surface area contributed by atoms with Gasteiger partial charge in [0.25, 0.3) is 0 Å². The van der Waals surface area contributed by atoms with Crippen LogP contribution in [0.2, 0.25) is 0 Å². The third-order valence-corrected chi connectivity index (χ3v) is 4.78. The second-order valence-electron chi connectivity index (χ2n) is 4.25. The summed E-state index contributed by atoms with van der Waals surface area (Å²) in [6.45, 7) is 0.356. The lowest BCUT2D eigenvalue weighted by Crippen LogP contribution is -2.33. The largest absolute Gasteiger partial charge is 0.354 e. The molecule has 0 spiro atoms.